The first-order valence-corrected chi connectivity index (χ1v) is 48.8. The summed E-state index contributed by atoms with van der Waals surface area (Å²) >= 11 is 0. The highest BCUT2D eigenvalue weighted by Gasteiger charge is 2.30. The summed E-state index contributed by atoms with van der Waals surface area (Å²) in [5, 5.41) is 6.09. The predicted molar refractivity (Wildman–Crippen MR) is 476 cm³/mol. The molecule has 660 valence electrons. The molecule has 2 amide bonds. The summed E-state index contributed by atoms with van der Waals surface area (Å²) in [5.41, 5.74) is -1.12. The highest BCUT2D eigenvalue weighted by atomic mass is 16.6. The van der Waals surface area contributed by atoms with E-state index >= 15 is 0 Å². The van der Waals surface area contributed by atoms with Gasteiger partial charge in [-0.15, -0.1) is 0 Å². The molecule has 2 N–H and O–H groups in total. The number of hydrogen-bond donors (Lipinski definition) is 2. The molecule has 0 heterocycles. The molecular weight excluding hydrogens is 1390 g/mol. The molecular formula is C98H188N4O10. The molecule has 0 fully saturated rings. The van der Waals surface area contributed by atoms with Gasteiger partial charge in [0, 0.05) is 51.2 Å². The lowest BCUT2D eigenvalue weighted by molar-refractivity contribution is -0.155. The van der Waals surface area contributed by atoms with Crippen LogP contribution in [0.1, 0.15) is 487 Å². The zero-order valence-corrected chi connectivity index (χ0v) is 76.2. The molecule has 0 aliphatic rings. The molecule has 0 bridgehead atoms. The Morgan fingerprint density at radius 2 is 0.562 bits per heavy atom. The number of esters is 4. The standard InChI is InChI=1S/C98H188N4O10/c1-12-18-24-30-36-38-40-52-66-86-109-95(107)97(8,9)76-60-64-82-101(80-62-50-42-48-58-72-93(105)111-88(7)89(68-54-44-32-26-20-14-3)69-55-45-33-27-21-15-4)84-78-99-91(103)74-75-92(104)100-79-85-102(83-65-61-77-98(10,11)96(108)110-87-67-53-41-39-37-31-25-19-13-2)81-63-51-43-49-59-73-94(106)112-90(70-56-46-34-28-22-16-5)71-57-47-35-29-23-17-6/h74-75,88-90H,12-73,76-87H2,1-11H3,(H,99,103)(H,100,104)/b75-74+. The number of nitrogens with zero attached hydrogens (tertiary/aromatic N) is 2. The van der Waals surface area contributed by atoms with E-state index in [1.54, 1.807) is 0 Å². The summed E-state index contributed by atoms with van der Waals surface area (Å²) in [4.78, 5) is 84.3. The lowest BCUT2D eigenvalue weighted by Gasteiger charge is -2.25. The van der Waals surface area contributed by atoms with Crippen LogP contribution in [0.2, 0.25) is 0 Å². The molecule has 0 radical (unpaired) electrons. The monoisotopic (exact) mass is 1580 g/mol. The van der Waals surface area contributed by atoms with Crippen LogP contribution in [0.3, 0.4) is 0 Å². The Kier molecular flexibility index (Phi) is 77.4. The highest BCUT2D eigenvalue weighted by Crippen LogP contribution is 2.29. The van der Waals surface area contributed by atoms with E-state index in [1.807, 2.05) is 27.7 Å². The summed E-state index contributed by atoms with van der Waals surface area (Å²) in [5.74, 6) is -0.469. The molecule has 1 atom stereocenters. The molecule has 0 aromatic heterocycles. The second-order valence-corrected chi connectivity index (χ2v) is 35.5. The summed E-state index contributed by atoms with van der Waals surface area (Å²) in [6.45, 7) is 30.4. The van der Waals surface area contributed by atoms with E-state index < -0.39 is 10.8 Å². The summed E-state index contributed by atoms with van der Waals surface area (Å²) < 4.78 is 23.9. The fraction of sp³-hybridized carbons (Fsp3) is 0.918. The van der Waals surface area contributed by atoms with Gasteiger partial charge in [-0.05, 0) is 169 Å². The molecule has 0 spiro atoms. The van der Waals surface area contributed by atoms with Crippen LogP contribution in [0.15, 0.2) is 12.2 Å². The van der Waals surface area contributed by atoms with E-state index in [2.05, 4.69) is 68.9 Å². The molecule has 0 aliphatic heterocycles. The topological polar surface area (TPSA) is 170 Å². The maximum atomic E-state index is 13.3. The third kappa shape index (κ3) is 70.7. The van der Waals surface area contributed by atoms with E-state index in [0.717, 1.165) is 193 Å². The van der Waals surface area contributed by atoms with Crippen molar-refractivity contribution in [1.29, 1.82) is 0 Å². The Balaban J connectivity index is 5.72. The Morgan fingerprint density at radius 1 is 0.304 bits per heavy atom. The summed E-state index contributed by atoms with van der Waals surface area (Å²) in [6, 6.07) is 0. The van der Waals surface area contributed by atoms with Crippen molar-refractivity contribution < 1.29 is 47.7 Å². The second-order valence-electron chi connectivity index (χ2n) is 35.5. The Bertz CT molecular complexity index is 2130. The highest BCUT2D eigenvalue weighted by molar-refractivity contribution is 5.96. The van der Waals surface area contributed by atoms with Crippen molar-refractivity contribution in [3.8, 4) is 0 Å². The molecule has 14 nitrogen and oxygen atoms in total. The van der Waals surface area contributed by atoms with Gasteiger partial charge >= 0.3 is 23.9 Å². The van der Waals surface area contributed by atoms with Crippen molar-refractivity contribution in [3.63, 3.8) is 0 Å². The van der Waals surface area contributed by atoms with Crippen molar-refractivity contribution in [2.75, 3.05) is 65.6 Å². The zero-order valence-electron chi connectivity index (χ0n) is 76.2. The van der Waals surface area contributed by atoms with E-state index in [0.29, 0.717) is 58.2 Å². The van der Waals surface area contributed by atoms with E-state index in [9.17, 15) is 28.8 Å². The summed E-state index contributed by atoms with van der Waals surface area (Å²) in [7, 11) is 0. The zero-order chi connectivity index (χ0) is 82.3. The van der Waals surface area contributed by atoms with Crippen molar-refractivity contribution in [3.05, 3.63) is 12.2 Å². The number of ether oxygens (including phenoxy) is 4. The number of rotatable bonds is 87. The van der Waals surface area contributed by atoms with Crippen LogP contribution in [-0.4, -0.2) is 123 Å². The molecule has 0 rings (SSSR count). The molecule has 14 heteroatoms. The van der Waals surface area contributed by atoms with Crippen LogP contribution in [-0.2, 0) is 47.7 Å². The average Bonchev–Trinajstić information content (AvgIpc) is 0.883. The quantitative estimate of drug-likeness (QED) is 0.0256. The van der Waals surface area contributed by atoms with Gasteiger partial charge in [0.1, 0.15) is 12.2 Å². The Labute approximate surface area is 693 Å². The average molecular weight is 1580 g/mol. The lowest BCUT2D eigenvalue weighted by atomic mass is 9.87. The van der Waals surface area contributed by atoms with Gasteiger partial charge in [0.2, 0.25) is 11.8 Å². The molecule has 0 aromatic rings. The minimum absolute atomic E-state index is 0.0335. The van der Waals surface area contributed by atoms with Crippen molar-refractivity contribution in [2.45, 2.75) is 499 Å². The molecule has 112 heavy (non-hydrogen) atoms. The predicted octanol–water partition coefficient (Wildman–Crippen LogP) is 27.1. The van der Waals surface area contributed by atoms with Crippen LogP contribution < -0.4 is 10.6 Å². The number of nitrogens with one attached hydrogen (secondary N) is 2. The van der Waals surface area contributed by atoms with Gasteiger partial charge in [-0.25, -0.2) is 0 Å². The molecule has 0 aliphatic carbocycles. The van der Waals surface area contributed by atoms with Gasteiger partial charge in [-0.2, -0.15) is 0 Å². The van der Waals surface area contributed by atoms with Crippen LogP contribution in [0.5, 0.6) is 0 Å². The van der Waals surface area contributed by atoms with Gasteiger partial charge in [0.15, 0.2) is 0 Å². The third-order valence-corrected chi connectivity index (χ3v) is 23.6. The maximum Gasteiger partial charge on any atom is 0.311 e. The number of carbonyl (C=O) groups is 6. The van der Waals surface area contributed by atoms with E-state index in [1.165, 1.54) is 243 Å². The van der Waals surface area contributed by atoms with E-state index in [4.69, 9.17) is 18.9 Å². The molecule has 0 saturated heterocycles. The first kappa shape index (κ1) is 108. The lowest BCUT2D eigenvalue weighted by Crippen LogP contribution is -2.36. The number of hydrogen-bond acceptors (Lipinski definition) is 12. The first-order valence-electron chi connectivity index (χ1n) is 48.8. The summed E-state index contributed by atoms with van der Waals surface area (Å²) in [6.07, 6.45) is 75.3. The Hall–Kier alpha value is -3.52. The van der Waals surface area contributed by atoms with Crippen LogP contribution in [0.25, 0.3) is 0 Å². The van der Waals surface area contributed by atoms with Crippen molar-refractivity contribution in [2.24, 2.45) is 16.7 Å². The van der Waals surface area contributed by atoms with Gasteiger partial charge < -0.3 is 39.4 Å². The van der Waals surface area contributed by atoms with Gasteiger partial charge in [-0.3, -0.25) is 28.8 Å². The molecule has 0 aromatic carbocycles. The second kappa shape index (κ2) is 79.9. The van der Waals surface area contributed by atoms with Gasteiger partial charge in [0.25, 0.3) is 0 Å². The van der Waals surface area contributed by atoms with Crippen molar-refractivity contribution in [1.82, 2.24) is 20.4 Å². The maximum absolute atomic E-state index is 13.3. The smallest absolute Gasteiger partial charge is 0.311 e. The third-order valence-electron chi connectivity index (χ3n) is 23.6. The van der Waals surface area contributed by atoms with Crippen LogP contribution in [0.4, 0.5) is 0 Å². The SMILES string of the molecule is CCCCCCCCCCCOC(=O)C(C)(C)CCCCN(CCCCCCCC(=O)OC(CCCCCCCC)CCCCCCCC)CCNC(=O)/C=C/C(=O)NCCN(CCCCCCCC(=O)OC(C)C(CCCCCCCC)CCCCCCCC)CCCCC(C)(C)C(=O)OCCCCCCCCCCC. The van der Waals surface area contributed by atoms with Gasteiger partial charge in [-0.1, -0.05) is 337 Å². The normalized spacial score (nSPS) is 12.3. The van der Waals surface area contributed by atoms with Crippen LogP contribution in [0, 0.1) is 16.7 Å². The number of amides is 2. The number of unbranched alkanes of at least 4 members (excludes halogenated alkanes) is 46. The minimum Gasteiger partial charge on any atom is -0.465 e. The van der Waals surface area contributed by atoms with Gasteiger partial charge in [0.05, 0.1) is 24.0 Å². The fourth-order valence-electron chi connectivity index (χ4n) is 15.6. The largest absolute Gasteiger partial charge is 0.465 e. The number of carbonyl (C=O) groups excluding carboxylic acids is 6. The fourth-order valence-corrected chi connectivity index (χ4v) is 15.6. The van der Waals surface area contributed by atoms with E-state index in [-0.39, 0.29) is 47.9 Å². The van der Waals surface area contributed by atoms with Crippen molar-refractivity contribution >= 4 is 35.7 Å². The van der Waals surface area contributed by atoms with Crippen LogP contribution >= 0.6 is 0 Å². The molecule has 1 unspecified atom stereocenters. The molecule has 0 saturated carbocycles. The first-order chi connectivity index (χ1) is 54.4. The Morgan fingerprint density at radius 3 is 0.884 bits per heavy atom. The minimum atomic E-state index is -0.558.